The van der Waals surface area contributed by atoms with E-state index < -0.39 is 18.0 Å². The van der Waals surface area contributed by atoms with E-state index in [1.807, 2.05) is 0 Å². The second-order valence-electron chi connectivity index (χ2n) is 2.98. The maximum atomic E-state index is 10.7. The number of carboxylic acid groups (broad SMARTS) is 1. The molecule has 0 amide bonds. The summed E-state index contributed by atoms with van der Waals surface area (Å²) in [6.07, 6.45) is 1.31. The predicted octanol–water partition coefficient (Wildman–Crippen LogP) is 0.121. The van der Waals surface area contributed by atoms with Gasteiger partial charge in [-0.25, -0.2) is 4.79 Å². The van der Waals surface area contributed by atoms with Gasteiger partial charge in [0.05, 0.1) is 6.61 Å². The average molecular weight is 201 g/mol. The Hall–Kier alpha value is -1.36. The quantitative estimate of drug-likeness (QED) is 0.488. The topological polar surface area (TPSA) is 66.8 Å². The van der Waals surface area contributed by atoms with Crippen LogP contribution >= 0.6 is 0 Å². The molecule has 0 aliphatic rings. The van der Waals surface area contributed by atoms with Gasteiger partial charge in [-0.15, -0.1) is 0 Å². The first kappa shape index (κ1) is 12.6. The largest absolute Gasteiger partial charge is 0.480 e. The fourth-order valence-electron chi connectivity index (χ4n) is 0.933. The van der Waals surface area contributed by atoms with Crippen molar-refractivity contribution in [3.63, 3.8) is 0 Å². The van der Waals surface area contributed by atoms with Crippen molar-refractivity contribution in [2.24, 2.45) is 0 Å². The molecule has 0 radical (unpaired) electrons. The molecule has 5 heteroatoms. The summed E-state index contributed by atoms with van der Waals surface area (Å²) in [5.41, 5.74) is 0. The Bertz CT molecular complexity index is 225. The van der Waals surface area contributed by atoms with Crippen LogP contribution in [-0.4, -0.2) is 48.7 Å². The molecule has 0 saturated carbocycles. The highest BCUT2D eigenvalue weighted by Crippen LogP contribution is 2.00. The molecule has 80 valence electrons. The van der Waals surface area contributed by atoms with Gasteiger partial charge in [-0.1, -0.05) is 6.58 Å². The summed E-state index contributed by atoms with van der Waals surface area (Å²) in [6, 6.07) is -0.632. The van der Waals surface area contributed by atoms with Crippen LogP contribution in [0.1, 0.15) is 6.42 Å². The molecule has 0 saturated heterocycles. The van der Waals surface area contributed by atoms with Gasteiger partial charge in [-0.05, 0) is 14.1 Å². The smallest absolute Gasteiger partial charge is 0.330 e. The molecule has 0 heterocycles. The molecule has 0 aliphatic carbocycles. The van der Waals surface area contributed by atoms with Crippen LogP contribution < -0.4 is 0 Å². The number of ether oxygens (including phenoxy) is 1. The Morgan fingerprint density at radius 3 is 2.50 bits per heavy atom. The molecule has 0 aromatic heterocycles. The highest BCUT2D eigenvalue weighted by Gasteiger charge is 2.19. The summed E-state index contributed by atoms with van der Waals surface area (Å²) < 4.78 is 4.68. The van der Waals surface area contributed by atoms with Crippen LogP contribution in [0.5, 0.6) is 0 Å². The molecule has 1 atom stereocenters. The maximum absolute atomic E-state index is 10.7. The van der Waals surface area contributed by atoms with Crippen LogP contribution in [0, 0.1) is 0 Å². The number of hydrogen-bond donors (Lipinski definition) is 1. The zero-order chi connectivity index (χ0) is 11.1. The fraction of sp³-hybridized carbons (Fsp3) is 0.556. The first-order chi connectivity index (χ1) is 6.49. The van der Waals surface area contributed by atoms with E-state index in [9.17, 15) is 9.59 Å². The lowest BCUT2D eigenvalue weighted by molar-refractivity contribution is -0.145. The van der Waals surface area contributed by atoms with Crippen LogP contribution in [0.2, 0.25) is 0 Å². The van der Waals surface area contributed by atoms with E-state index in [4.69, 9.17) is 5.11 Å². The van der Waals surface area contributed by atoms with Crippen molar-refractivity contribution in [1.82, 2.24) is 4.90 Å². The van der Waals surface area contributed by atoms with Crippen molar-refractivity contribution in [1.29, 1.82) is 0 Å². The highest BCUT2D eigenvalue weighted by atomic mass is 16.5. The van der Waals surface area contributed by atoms with Crippen LogP contribution in [0.4, 0.5) is 0 Å². The van der Waals surface area contributed by atoms with Crippen molar-refractivity contribution in [3.8, 4) is 0 Å². The second kappa shape index (κ2) is 6.15. The minimum Gasteiger partial charge on any atom is -0.480 e. The van der Waals surface area contributed by atoms with Gasteiger partial charge < -0.3 is 9.84 Å². The second-order valence-corrected chi connectivity index (χ2v) is 2.98. The van der Waals surface area contributed by atoms with E-state index >= 15 is 0 Å². The lowest BCUT2D eigenvalue weighted by Crippen LogP contribution is -2.36. The molecule has 0 aromatic rings. The summed E-state index contributed by atoms with van der Waals surface area (Å²) in [5, 5.41) is 8.76. The minimum absolute atomic E-state index is 0.0833. The Morgan fingerprint density at radius 1 is 1.57 bits per heavy atom. The van der Waals surface area contributed by atoms with Gasteiger partial charge in [-0.2, -0.15) is 0 Å². The number of nitrogens with zero attached hydrogens (tertiary/aromatic N) is 1. The predicted molar refractivity (Wildman–Crippen MR) is 50.9 cm³/mol. The highest BCUT2D eigenvalue weighted by molar-refractivity contribution is 5.81. The SMILES string of the molecule is C=CC(=O)OCCC(C(=O)O)N(C)C. The van der Waals surface area contributed by atoms with E-state index in [1.54, 1.807) is 19.0 Å². The normalized spacial score (nSPS) is 12.2. The van der Waals surface area contributed by atoms with Crippen molar-refractivity contribution in [3.05, 3.63) is 12.7 Å². The van der Waals surface area contributed by atoms with Crippen LogP contribution in [-0.2, 0) is 14.3 Å². The van der Waals surface area contributed by atoms with Gasteiger partial charge in [0.25, 0.3) is 0 Å². The third-order valence-corrected chi connectivity index (χ3v) is 1.71. The number of carbonyl (C=O) groups is 2. The third kappa shape index (κ3) is 4.61. The first-order valence-electron chi connectivity index (χ1n) is 4.17. The van der Waals surface area contributed by atoms with Gasteiger partial charge in [0, 0.05) is 12.5 Å². The lowest BCUT2D eigenvalue weighted by Gasteiger charge is -2.19. The molecule has 0 bridgehead atoms. The summed E-state index contributed by atoms with van der Waals surface area (Å²) in [5.74, 6) is -1.46. The van der Waals surface area contributed by atoms with E-state index in [0.717, 1.165) is 6.08 Å². The lowest BCUT2D eigenvalue weighted by atomic mass is 10.2. The van der Waals surface area contributed by atoms with Gasteiger partial charge >= 0.3 is 11.9 Å². The Labute approximate surface area is 83.0 Å². The standard InChI is InChI=1S/C9H15NO4/c1-4-8(11)14-6-5-7(9(12)13)10(2)3/h4,7H,1,5-6H2,2-3H3,(H,12,13). The van der Waals surface area contributed by atoms with Crippen LogP contribution in [0.15, 0.2) is 12.7 Å². The van der Waals surface area contributed by atoms with Gasteiger partial charge in [-0.3, -0.25) is 9.69 Å². The number of hydrogen-bond acceptors (Lipinski definition) is 4. The summed E-state index contributed by atoms with van der Waals surface area (Å²) in [4.78, 5) is 22.9. The van der Waals surface area contributed by atoms with Crippen molar-refractivity contribution in [2.45, 2.75) is 12.5 Å². The number of rotatable bonds is 6. The molecule has 14 heavy (non-hydrogen) atoms. The van der Waals surface area contributed by atoms with Crippen molar-refractivity contribution < 1.29 is 19.4 Å². The number of carboxylic acids is 1. The zero-order valence-electron chi connectivity index (χ0n) is 8.40. The van der Waals surface area contributed by atoms with Crippen LogP contribution in [0.25, 0.3) is 0 Å². The number of carbonyl (C=O) groups excluding carboxylic acids is 1. The van der Waals surface area contributed by atoms with Crippen molar-refractivity contribution >= 4 is 11.9 Å². The van der Waals surface area contributed by atoms with E-state index in [-0.39, 0.29) is 13.0 Å². The molecule has 0 aromatic carbocycles. The van der Waals surface area contributed by atoms with Gasteiger partial charge in [0.2, 0.25) is 0 Å². The van der Waals surface area contributed by atoms with E-state index in [1.165, 1.54) is 0 Å². The molecule has 5 nitrogen and oxygen atoms in total. The minimum atomic E-state index is -0.926. The number of aliphatic carboxylic acids is 1. The van der Waals surface area contributed by atoms with Crippen molar-refractivity contribution in [2.75, 3.05) is 20.7 Å². The molecule has 0 rings (SSSR count). The van der Waals surface area contributed by atoms with E-state index in [2.05, 4.69) is 11.3 Å². The third-order valence-electron chi connectivity index (χ3n) is 1.71. The molecular weight excluding hydrogens is 186 g/mol. The molecule has 0 spiro atoms. The summed E-state index contributed by atoms with van der Waals surface area (Å²) in [6.45, 7) is 3.31. The Morgan fingerprint density at radius 2 is 2.14 bits per heavy atom. The first-order valence-corrected chi connectivity index (χ1v) is 4.17. The Kier molecular flexibility index (Phi) is 5.55. The van der Waals surface area contributed by atoms with Gasteiger partial charge in [0.1, 0.15) is 6.04 Å². The average Bonchev–Trinajstić information content (AvgIpc) is 2.10. The monoisotopic (exact) mass is 201 g/mol. The van der Waals surface area contributed by atoms with E-state index in [0.29, 0.717) is 0 Å². The van der Waals surface area contributed by atoms with Gasteiger partial charge in [0.15, 0.2) is 0 Å². The summed E-state index contributed by atoms with van der Waals surface area (Å²) in [7, 11) is 3.32. The number of esters is 1. The zero-order valence-corrected chi connectivity index (χ0v) is 8.40. The molecule has 0 aliphatic heterocycles. The number of likely N-dealkylation sites (N-methyl/N-ethyl adjacent to an activating group) is 1. The maximum Gasteiger partial charge on any atom is 0.330 e. The molecule has 1 unspecified atom stereocenters. The molecule has 0 fully saturated rings. The molecule has 1 N–H and O–H groups in total. The summed E-state index contributed by atoms with van der Waals surface area (Å²) >= 11 is 0. The molecular formula is C9H15NO4. The van der Waals surface area contributed by atoms with Crippen LogP contribution in [0.3, 0.4) is 0 Å². The fourth-order valence-corrected chi connectivity index (χ4v) is 0.933. The Balaban J connectivity index is 3.89.